The fourth-order valence-corrected chi connectivity index (χ4v) is 3.16. The molecule has 0 atom stereocenters. The zero-order chi connectivity index (χ0) is 19.4. The van der Waals surface area contributed by atoms with Crippen molar-refractivity contribution in [3.8, 4) is 0 Å². The summed E-state index contributed by atoms with van der Waals surface area (Å²) in [5.74, 6) is -0.431. The second-order valence-corrected chi connectivity index (χ2v) is 7.18. The topological polar surface area (TPSA) is 101 Å². The summed E-state index contributed by atoms with van der Waals surface area (Å²) in [6.07, 6.45) is 3.65. The van der Waals surface area contributed by atoms with E-state index in [1.54, 1.807) is 29.1 Å². The molecule has 0 unspecified atom stereocenters. The number of aryl methyl sites for hydroxylation is 1. The molecule has 1 aliphatic heterocycles. The molecule has 0 aliphatic carbocycles. The standard InChI is InChI=1S/C19H26N6O2.ClH/c1-12(2)21-18(26)16-5-4-14(10-13(16)3)22-19(27)17-11-25(24-23-17)15-6-8-20-9-7-15;/h4-5,10-12,15,20H,6-9H2,1-3H3,(H,21,26)(H,22,27);1H. The number of hydrogen-bond acceptors (Lipinski definition) is 5. The number of nitrogens with one attached hydrogen (secondary N) is 3. The molecular weight excluding hydrogens is 380 g/mol. The van der Waals surface area contributed by atoms with Crippen LogP contribution in [0.2, 0.25) is 0 Å². The summed E-state index contributed by atoms with van der Waals surface area (Å²) >= 11 is 0. The molecule has 9 heteroatoms. The van der Waals surface area contributed by atoms with Crippen molar-refractivity contribution >= 4 is 29.9 Å². The molecule has 1 saturated heterocycles. The van der Waals surface area contributed by atoms with Gasteiger partial charge in [-0.05, 0) is 70.5 Å². The Balaban J connectivity index is 0.00000280. The third-order valence-electron chi connectivity index (χ3n) is 4.57. The van der Waals surface area contributed by atoms with Gasteiger partial charge in [0, 0.05) is 17.3 Å². The maximum atomic E-state index is 12.5. The minimum absolute atomic E-state index is 0. The van der Waals surface area contributed by atoms with E-state index in [-0.39, 0.29) is 42.0 Å². The summed E-state index contributed by atoms with van der Waals surface area (Å²) in [7, 11) is 0. The zero-order valence-corrected chi connectivity index (χ0v) is 17.2. The van der Waals surface area contributed by atoms with Crippen LogP contribution >= 0.6 is 12.4 Å². The molecule has 2 heterocycles. The van der Waals surface area contributed by atoms with E-state index in [4.69, 9.17) is 0 Å². The van der Waals surface area contributed by atoms with Gasteiger partial charge in [-0.15, -0.1) is 17.5 Å². The largest absolute Gasteiger partial charge is 0.350 e. The Morgan fingerprint density at radius 1 is 1.21 bits per heavy atom. The van der Waals surface area contributed by atoms with Gasteiger partial charge in [-0.2, -0.15) is 0 Å². The Kier molecular flexibility index (Phi) is 7.53. The summed E-state index contributed by atoms with van der Waals surface area (Å²) in [5.41, 5.74) is 2.30. The molecule has 0 bridgehead atoms. The molecule has 152 valence electrons. The number of benzene rings is 1. The molecule has 1 aliphatic rings. The second kappa shape index (κ2) is 9.66. The molecule has 28 heavy (non-hydrogen) atoms. The number of nitrogens with zero attached hydrogens (tertiary/aromatic N) is 3. The fraction of sp³-hybridized carbons (Fsp3) is 0.474. The lowest BCUT2D eigenvalue weighted by Gasteiger charge is -2.22. The van der Waals surface area contributed by atoms with Gasteiger partial charge in [0.05, 0.1) is 12.2 Å². The first kappa shape index (κ1) is 21.8. The molecule has 3 rings (SSSR count). The normalized spacial score (nSPS) is 14.4. The number of carbonyl (C=O) groups excluding carboxylic acids is 2. The predicted molar refractivity (Wildman–Crippen MR) is 110 cm³/mol. The SMILES string of the molecule is Cc1cc(NC(=O)c2cn(C3CCNCC3)nn2)ccc1C(=O)NC(C)C.Cl. The molecule has 1 aromatic heterocycles. The minimum atomic E-state index is -0.311. The van der Waals surface area contributed by atoms with Gasteiger partial charge < -0.3 is 16.0 Å². The van der Waals surface area contributed by atoms with Crippen LogP contribution in [0, 0.1) is 6.92 Å². The minimum Gasteiger partial charge on any atom is -0.350 e. The quantitative estimate of drug-likeness (QED) is 0.707. The summed E-state index contributed by atoms with van der Waals surface area (Å²) < 4.78 is 1.78. The summed E-state index contributed by atoms with van der Waals surface area (Å²) in [5, 5.41) is 17.1. The molecule has 8 nitrogen and oxygen atoms in total. The van der Waals surface area contributed by atoms with E-state index in [1.165, 1.54) is 0 Å². The molecule has 0 radical (unpaired) electrons. The van der Waals surface area contributed by atoms with Crippen molar-refractivity contribution in [2.45, 2.75) is 45.7 Å². The van der Waals surface area contributed by atoms with Crippen LogP contribution in [-0.2, 0) is 0 Å². The lowest BCUT2D eigenvalue weighted by Crippen LogP contribution is -2.30. The van der Waals surface area contributed by atoms with E-state index in [0.717, 1.165) is 31.5 Å². The number of piperidine rings is 1. The van der Waals surface area contributed by atoms with Gasteiger partial charge >= 0.3 is 0 Å². The van der Waals surface area contributed by atoms with Crippen LogP contribution in [0.3, 0.4) is 0 Å². The van der Waals surface area contributed by atoms with Gasteiger partial charge in [0.15, 0.2) is 5.69 Å². The molecule has 3 N–H and O–H groups in total. The van der Waals surface area contributed by atoms with Crippen LogP contribution in [0.4, 0.5) is 5.69 Å². The Morgan fingerprint density at radius 2 is 1.93 bits per heavy atom. The van der Waals surface area contributed by atoms with Gasteiger partial charge in [-0.25, -0.2) is 4.68 Å². The molecule has 1 aromatic carbocycles. The van der Waals surface area contributed by atoms with E-state index in [1.807, 2.05) is 20.8 Å². The molecular formula is C19H27ClN6O2. The van der Waals surface area contributed by atoms with E-state index in [0.29, 0.717) is 11.3 Å². The summed E-state index contributed by atoms with van der Waals surface area (Å²) in [4.78, 5) is 24.6. The Hall–Kier alpha value is -2.45. The maximum Gasteiger partial charge on any atom is 0.277 e. The van der Waals surface area contributed by atoms with Crippen LogP contribution in [0.5, 0.6) is 0 Å². The van der Waals surface area contributed by atoms with Crippen molar-refractivity contribution in [2.24, 2.45) is 0 Å². The van der Waals surface area contributed by atoms with Crippen LogP contribution < -0.4 is 16.0 Å². The highest BCUT2D eigenvalue weighted by molar-refractivity contribution is 6.03. The zero-order valence-electron chi connectivity index (χ0n) is 16.4. The lowest BCUT2D eigenvalue weighted by atomic mass is 10.1. The number of amides is 2. The first-order chi connectivity index (χ1) is 12.9. The highest BCUT2D eigenvalue weighted by Gasteiger charge is 2.19. The number of halogens is 1. The third kappa shape index (κ3) is 5.30. The van der Waals surface area contributed by atoms with E-state index < -0.39 is 0 Å². The van der Waals surface area contributed by atoms with Crippen LogP contribution in [-0.4, -0.2) is 45.9 Å². The maximum absolute atomic E-state index is 12.5. The highest BCUT2D eigenvalue weighted by Crippen LogP contribution is 2.19. The van der Waals surface area contributed by atoms with Crippen LogP contribution in [0.15, 0.2) is 24.4 Å². The van der Waals surface area contributed by atoms with Crippen molar-refractivity contribution in [3.05, 3.63) is 41.2 Å². The summed E-state index contributed by atoms with van der Waals surface area (Å²) in [6.45, 7) is 7.57. The van der Waals surface area contributed by atoms with Gasteiger partial charge in [0.25, 0.3) is 11.8 Å². The Labute approximate surface area is 170 Å². The van der Waals surface area contributed by atoms with Crippen molar-refractivity contribution < 1.29 is 9.59 Å². The number of hydrogen-bond donors (Lipinski definition) is 3. The fourth-order valence-electron chi connectivity index (χ4n) is 3.16. The van der Waals surface area contributed by atoms with Gasteiger partial charge in [0.1, 0.15) is 0 Å². The average Bonchev–Trinajstić information content (AvgIpc) is 3.12. The number of anilines is 1. The second-order valence-electron chi connectivity index (χ2n) is 7.18. The number of carbonyl (C=O) groups is 2. The number of rotatable bonds is 5. The third-order valence-corrected chi connectivity index (χ3v) is 4.57. The highest BCUT2D eigenvalue weighted by atomic mass is 35.5. The summed E-state index contributed by atoms with van der Waals surface area (Å²) in [6, 6.07) is 5.57. The van der Waals surface area contributed by atoms with Gasteiger partial charge in [-0.3, -0.25) is 9.59 Å². The van der Waals surface area contributed by atoms with Crippen molar-refractivity contribution in [1.82, 2.24) is 25.6 Å². The van der Waals surface area contributed by atoms with Crippen LogP contribution in [0.25, 0.3) is 0 Å². The molecule has 1 fully saturated rings. The average molecular weight is 407 g/mol. The van der Waals surface area contributed by atoms with Crippen molar-refractivity contribution in [2.75, 3.05) is 18.4 Å². The molecule has 0 saturated carbocycles. The molecule has 0 spiro atoms. The lowest BCUT2D eigenvalue weighted by molar-refractivity contribution is 0.0942. The molecule has 2 amide bonds. The Bertz CT molecular complexity index is 830. The van der Waals surface area contributed by atoms with Crippen molar-refractivity contribution in [1.29, 1.82) is 0 Å². The number of aromatic nitrogens is 3. The smallest absolute Gasteiger partial charge is 0.277 e. The first-order valence-corrected chi connectivity index (χ1v) is 9.29. The van der Waals surface area contributed by atoms with E-state index in [9.17, 15) is 9.59 Å². The molecule has 2 aromatic rings. The van der Waals surface area contributed by atoms with Crippen molar-refractivity contribution in [3.63, 3.8) is 0 Å². The van der Waals surface area contributed by atoms with E-state index >= 15 is 0 Å². The predicted octanol–water partition coefficient (Wildman–Crippen LogP) is 2.32. The van der Waals surface area contributed by atoms with Crippen LogP contribution in [0.1, 0.15) is 59.1 Å². The monoisotopic (exact) mass is 406 g/mol. The van der Waals surface area contributed by atoms with E-state index in [2.05, 4.69) is 26.3 Å². The first-order valence-electron chi connectivity index (χ1n) is 9.29. The Morgan fingerprint density at radius 3 is 2.57 bits per heavy atom. The van der Waals surface area contributed by atoms with Gasteiger partial charge in [0.2, 0.25) is 0 Å². The van der Waals surface area contributed by atoms with Gasteiger partial charge in [-0.1, -0.05) is 5.21 Å².